The van der Waals surface area contributed by atoms with E-state index in [1.165, 1.54) is 26.0 Å². The van der Waals surface area contributed by atoms with Gasteiger partial charge in [0.25, 0.3) is 5.69 Å². The number of rotatable bonds is 3. The van der Waals surface area contributed by atoms with Crippen LogP contribution in [0.3, 0.4) is 0 Å². The zero-order valence-corrected chi connectivity index (χ0v) is 13.9. The highest BCUT2D eigenvalue weighted by atomic mass is 127. The summed E-state index contributed by atoms with van der Waals surface area (Å²) in [6.07, 6.45) is 2.88. The molecular weight excluding hydrogens is 406 g/mol. The number of nitro groups is 1. The number of para-hydroxylation sites is 1. The molecule has 0 radical (unpaired) electrons. The molecule has 2 aromatic rings. The van der Waals surface area contributed by atoms with E-state index >= 15 is 0 Å². The highest BCUT2D eigenvalue weighted by molar-refractivity contribution is 14.1. The van der Waals surface area contributed by atoms with Crippen molar-refractivity contribution in [3.05, 3.63) is 53.5 Å². The van der Waals surface area contributed by atoms with Gasteiger partial charge in [0.05, 0.1) is 13.8 Å². The Morgan fingerprint density at radius 3 is 3.05 bits per heavy atom. The minimum absolute atomic E-state index is 0.0124. The Morgan fingerprint density at radius 2 is 2.29 bits per heavy atom. The second kappa shape index (κ2) is 5.88. The van der Waals surface area contributed by atoms with Gasteiger partial charge < -0.3 is 5.32 Å². The number of benzene rings is 1. The molecule has 1 aliphatic rings. The molecule has 1 unspecified atom stereocenters. The molecule has 0 saturated heterocycles. The molecular formula is C14H12FIN2O2S. The third kappa shape index (κ3) is 2.89. The summed E-state index contributed by atoms with van der Waals surface area (Å²) in [5.41, 5.74) is 0.918. The fourth-order valence-corrected chi connectivity index (χ4v) is 4.77. The van der Waals surface area contributed by atoms with Crippen LogP contribution in [-0.2, 0) is 6.42 Å². The van der Waals surface area contributed by atoms with E-state index in [0.717, 1.165) is 24.8 Å². The average molecular weight is 418 g/mol. The van der Waals surface area contributed by atoms with Gasteiger partial charge in [0.1, 0.15) is 5.69 Å². The van der Waals surface area contributed by atoms with Crippen LogP contribution in [0.25, 0.3) is 0 Å². The Balaban J connectivity index is 1.97. The van der Waals surface area contributed by atoms with Crippen LogP contribution in [0.15, 0.2) is 24.3 Å². The number of nitro benzene ring substituents is 1. The maximum Gasteiger partial charge on any atom is 0.295 e. The van der Waals surface area contributed by atoms with E-state index in [9.17, 15) is 14.5 Å². The Labute approximate surface area is 138 Å². The number of nitrogens with zero attached hydrogens (tertiary/aromatic N) is 1. The van der Waals surface area contributed by atoms with Crippen molar-refractivity contribution in [2.24, 2.45) is 0 Å². The quantitative estimate of drug-likeness (QED) is 0.439. The van der Waals surface area contributed by atoms with Crippen molar-refractivity contribution in [2.75, 3.05) is 5.32 Å². The van der Waals surface area contributed by atoms with E-state index in [2.05, 4.69) is 34.0 Å². The first kappa shape index (κ1) is 14.7. The first-order valence-corrected chi connectivity index (χ1v) is 8.43. The van der Waals surface area contributed by atoms with Gasteiger partial charge in [0.2, 0.25) is 0 Å². The van der Waals surface area contributed by atoms with Gasteiger partial charge in [-0.05, 0) is 59.5 Å². The number of halogens is 2. The standard InChI is InChI=1S/C14H12FIN2O2S/c15-9-3-1-5-11(18(19)20)14(9)17-10-4-2-6-12-8(10)7-13(16)21-12/h1,3,5,7,10,17H,2,4,6H2. The van der Waals surface area contributed by atoms with Crippen LogP contribution >= 0.6 is 33.9 Å². The molecule has 7 heteroatoms. The Bertz CT molecular complexity index is 704. The maximum absolute atomic E-state index is 14.0. The van der Waals surface area contributed by atoms with Crippen molar-refractivity contribution in [3.63, 3.8) is 0 Å². The van der Waals surface area contributed by atoms with Crippen molar-refractivity contribution in [2.45, 2.75) is 25.3 Å². The summed E-state index contributed by atoms with van der Waals surface area (Å²) in [5.74, 6) is -0.582. The van der Waals surface area contributed by atoms with Gasteiger partial charge in [-0.2, -0.15) is 0 Å². The second-order valence-corrected chi connectivity index (χ2v) is 7.94. The largest absolute Gasteiger partial charge is 0.370 e. The Kier molecular flexibility index (Phi) is 4.12. The molecule has 0 aliphatic heterocycles. The highest BCUT2D eigenvalue weighted by Crippen LogP contribution is 2.40. The number of aryl methyl sites for hydroxylation is 1. The lowest BCUT2D eigenvalue weighted by molar-refractivity contribution is -0.384. The van der Waals surface area contributed by atoms with E-state index < -0.39 is 10.7 Å². The van der Waals surface area contributed by atoms with Gasteiger partial charge in [-0.25, -0.2) is 4.39 Å². The molecule has 0 bridgehead atoms. The monoisotopic (exact) mass is 418 g/mol. The molecule has 1 heterocycles. The normalized spacial score (nSPS) is 17.3. The predicted molar refractivity (Wildman–Crippen MR) is 89.4 cm³/mol. The minimum Gasteiger partial charge on any atom is -0.370 e. The molecule has 0 saturated carbocycles. The zero-order valence-electron chi connectivity index (χ0n) is 10.9. The topological polar surface area (TPSA) is 55.2 Å². The lowest BCUT2D eigenvalue weighted by Gasteiger charge is -2.24. The summed E-state index contributed by atoms with van der Waals surface area (Å²) in [6, 6.07) is 5.95. The van der Waals surface area contributed by atoms with Crippen molar-refractivity contribution in [3.8, 4) is 0 Å². The number of anilines is 1. The van der Waals surface area contributed by atoms with Crippen LogP contribution in [0.1, 0.15) is 29.3 Å². The fourth-order valence-electron chi connectivity index (χ4n) is 2.65. The molecule has 3 rings (SSSR count). The maximum atomic E-state index is 14.0. The van der Waals surface area contributed by atoms with Crippen LogP contribution < -0.4 is 5.32 Å². The molecule has 1 atom stereocenters. The third-order valence-corrected chi connectivity index (χ3v) is 5.56. The summed E-state index contributed by atoms with van der Waals surface area (Å²) in [5, 5.41) is 14.1. The lowest BCUT2D eigenvalue weighted by atomic mass is 9.94. The van der Waals surface area contributed by atoms with Gasteiger partial charge in [0.15, 0.2) is 5.82 Å². The summed E-state index contributed by atoms with van der Waals surface area (Å²) in [4.78, 5) is 11.8. The summed E-state index contributed by atoms with van der Waals surface area (Å²) >= 11 is 4.01. The van der Waals surface area contributed by atoms with Gasteiger partial charge >= 0.3 is 0 Å². The molecule has 21 heavy (non-hydrogen) atoms. The van der Waals surface area contributed by atoms with Crippen LogP contribution in [-0.4, -0.2) is 4.92 Å². The van der Waals surface area contributed by atoms with E-state index in [1.54, 1.807) is 11.3 Å². The molecule has 1 aliphatic carbocycles. The molecule has 1 aromatic heterocycles. The SMILES string of the molecule is O=[N+]([O-])c1cccc(F)c1NC1CCCc2sc(I)cc21. The van der Waals surface area contributed by atoms with Crippen LogP contribution in [0.4, 0.5) is 15.8 Å². The van der Waals surface area contributed by atoms with Crippen LogP contribution in [0.2, 0.25) is 0 Å². The summed E-state index contributed by atoms with van der Waals surface area (Å²) in [7, 11) is 0. The predicted octanol–water partition coefficient (Wildman–Crippen LogP) is 4.89. The number of fused-ring (bicyclic) bond motifs is 1. The van der Waals surface area contributed by atoms with Gasteiger partial charge in [-0.3, -0.25) is 10.1 Å². The summed E-state index contributed by atoms with van der Waals surface area (Å²) < 4.78 is 15.2. The third-order valence-electron chi connectivity index (χ3n) is 3.59. The molecule has 0 amide bonds. The molecule has 0 fully saturated rings. The number of hydrogen-bond acceptors (Lipinski definition) is 4. The Morgan fingerprint density at radius 1 is 1.48 bits per heavy atom. The van der Waals surface area contributed by atoms with Crippen molar-refractivity contribution < 1.29 is 9.31 Å². The number of hydrogen-bond donors (Lipinski definition) is 1. The van der Waals surface area contributed by atoms with Gasteiger partial charge in [-0.1, -0.05) is 6.07 Å². The van der Waals surface area contributed by atoms with Crippen molar-refractivity contribution >= 4 is 45.3 Å². The minimum atomic E-state index is -0.582. The molecule has 1 aromatic carbocycles. The first-order valence-electron chi connectivity index (χ1n) is 6.54. The van der Waals surface area contributed by atoms with Gasteiger partial charge in [-0.15, -0.1) is 11.3 Å². The van der Waals surface area contributed by atoms with E-state index in [4.69, 9.17) is 0 Å². The van der Waals surface area contributed by atoms with Crippen molar-refractivity contribution in [1.82, 2.24) is 0 Å². The van der Waals surface area contributed by atoms with E-state index in [0.29, 0.717) is 0 Å². The van der Waals surface area contributed by atoms with Crippen molar-refractivity contribution in [1.29, 1.82) is 0 Å². The summed E-state index contributed by atoms with van der Waals surface area (Å²) in [6.45, 7) is 0. The van der Waals surface area contributed by atoms with Crippen LogP contribution in [0.5, 0.6) is 0 Å². The van der Waals surface area contributed by atoms with Crippen LogP contribution in [0, 0.1) is 18.8 Å². The molecule has 110 valence electrons. The van der Waals surface area contributed by atoms with E-state index in [-0.39, 0.29) is 17.4 Å². The van der Waals surface area contributed by atoms with E-state index in [1.807, 2.05) is 0 Å². The second-order valence-electron chi connectivity index (χ2n) is 4.91. The number of thiophene rings is 1. The lowest BCUT2D eigenvalue weighted by Crippen LogP contribution is -2.17. The number of nitrogens with one attached hydrogen (secondary N) is 1. The zero-order chi connectivity index (χ0) is 15.0. The first-order chi connectivity index (χ1) is 10.1. The average Bonchev–Trinajstić information content (AvgIpc) is 2.82. The molecule has 1 N–H and O–H groups in total. The fraction of sp³-hybridized carbons (Fsp3) is 0.286. The molecule has 0 spiro atoms. The highest BCUT2D eigenvalue weighted by Gasteiger charge is 2.26. The Hall–Kier alpha value is -1.22. The molecule has 4 nitrogen and oxygen atoms in total. The van der Waals surface area contributed by atoms with Gasteiger partial charge in [0, 0.05) is 10.9 Å². The smallest absolute Gasteiger partial charge is 0.295 e.